The van der Waals surface area contributed by atoms with Gasteiger partial charge in [0, 0.05) is 4.83 Å². The lowest BCUT2D eigenvalue weighted by Crippen LogP contribution is -1.96. The summed E-state index contributed by atoms with van der Waals surface area (Å²) in [4.78, 5) is 0.713. The van der Waals surface area contributed by atoms with Crippen LogP contribution >= 0.6 is 15.9 Å². The van der Waals surface area contributed by atoms with Crippen molar-refractivity contribution < 1.29 is 0 Å². The fourth-order valence-corrected chi connectivity index (χ4v) is 2.71. The molecular weight excluding hydrogens is 272 g/mol. The maximum Gasteiger partial charge on any atom is 0.0148 e. The van der Waals surface area contributed by atoms with Crippen LogP contribution in [0.1, 0.15) is 84.0 Å². The smallest absolute Gasteiger partial charge is 0.0148 e. The van der Waals surface area contributed by atoms with Crippen LogP contribution < -0.4 is 0 Å². The summed E-state index contributed by atoms with van der Waals surface area (Å²) >= 11 is 3.74. The minimum absolute atomic E-state index is 0.713. The molecule has 0 aliphatic carbocycles. The molecule has 0 bridgehead atoms. The highest BCUT2D eigenvalue weighted by Crippen LogP contribution is 2.17. The van der Waals surface area contributed by atoms with Crippen LogP contribution in [0.2, 0.25) is 0 Å². The minimum atomic E-state index is 0.713. The monoisotopic (exact) mass is 302 g/mol. The molecule has 1 atom stereocenters. The molecule has 0 amide bonds. The molecule has 0 aliphatic rings. The van der Waals surface area contributed by atoms with Gasteiger partial charge in [-0.25, -0.2) is 0 Å². The first-order valence-corrected chi connectivity index (χ1v) is 8.47. The van der Waals surface area contributed by atoms with Crippen molar-refractivity contribution in [3.05, 3.63) is 12.7 Å². The number of hydrogen-bond donors (Lipinski definition) is 0. The third-order valence-electron chi connectivity index (χ3n) is 3.30. The van der Waals surface area contributed by atoms with Crippen LogP contribution in [0, 0.1) is 0 Å². The number of hydrogen-bond acceptors (Lipinski definition) is 0. The summed E-state index contributed by atoms with van der Waals surface area (Å²) in [5.41, 5.74) is 0. The Labute approximate surface area is 117 Å². The second kappa shape index (κ2) is 14.3. The van der Waals surface area contributed by atoms with E-state index in [1.165, 1.54) is 70.6 Å². The normalized spacial score (nSPS) is 12.6. The maximum absolute atomic E-state index is 3.76. The van der Waals surface area contributed by atoms with E-state index in [0.29, 0.717) is 4.83 Å². The van der Waals surface area contributed by atoms with E-state index < -0.39 is 0 Å². The molecule has 0 aromatic heterocycles. The van der Waals surface area contributed by atoms with E-state index in [0.717, 1.165) is 6.42 Å². The summed E-state index contributed by atoms with van der Waals surface area (Å²) in [5.74, 6) is 0. The Balaban J connectivity index is 3.04. The molecule has 0 aliphatic heterocycles. The van der Waals surface area contributed by atoms with E-state index in [1.807, 2.05) is 6.08 Å². The first kappa shape index (κ1) is 17.2. The van der Waals surface area contributed by atoms with Crippen molar-refractivity contribution in [2.45, 2.75) is 88.8 Å². The zero-order chi connectivity index (χ0) is 12.8. The van der Waals surface area contributed by atoms with Crippen LogP contribution in [-0.2, 0) is 0 Å². The van der Waals surface area contributed by atoms with Crippen LogP contribution in [0.25, 0.3) is 0 Å². The van der Waals surface area contributed by atoms with Crippen molar-refractivity contribution in [2.24, 2.45) is 0 Å². The highest BCUT2D eigenvalue weighted by Gasteiger charge is 2.01. The lowest BCUT2D eigenvalue weighted by molar-refractivity contribution is 0.550. The molecule has 0 fully saturated rings. The van der Waals surface area contributed by atoms with Crippen molar-refractivity contribution in [3.8, 4) is 0 Å². The third-order valence-corrected chi connectivity index (χ3v) is 4.22. The fourth-order valence-electron chi connectivity index (χ4n) is 2.12. The summed E-state index contributed by atoms with van der Waals surface area (Å²) in [6, 6.07) is 0. The topological polar surface area (TPSA) is 0 Å². The van der Waals surface area contributed by atoms with E-state index in [4.69, 9.17) is 0 Å². The molecule has 0 saturated heterocycles. The van der Waals surface area contributed by atoms with E-state index in [-0.39, 0.29) is 0 Å². The SMILES string of the molecule is C=CCCC(Br)CCCCCCCCCCC. The van der Waals surface area contributed by atoms with E-state index in [1.54, 1.807) is 0 Å². The van der Waals surface area contributed by atoms with Crippen molar-refractivity contribution in [2.75, 3.05) is 0 Å². The third kappa shape index (κ3) is 14.2. The van der Waals surface area contributed by atoms with Gasteiger partial charge in [0.2, 0.25) is 0 Å². The summed E-state index contributed by atoms with van der Waals surface area (Å²) in [6.45, 7) is 6.04. The molecule has 0 spiro atoms. The predicted octanol–water partition coefficient (Wildman–Crippen LogP) is 6.64. The van der Waals surface area contributed by atoms with Gasteiger partial charge in [-0.1, -0.05) is 86.7 Å². The van der Waals surface area contributed by atoms with Crippen LogP contribution in [0.4, 0.5) is 0 Å². The van der Waals surface area contributed by atoms with Crippen molar-refractivity contribution in [1.82, 2.24) is 0 Å². The molecular formula is C16H31Br. The summed E-state index contributed by atoms with van der Waals surface area (Å²) in [7, 11) is 0. The molecule has 0 nitrogen and oxygen atoms in total. The highest BCUT2D eigenvalue weighted by atomic mass is 79.9. The van der Waals surface area contributed by atoms with E-state index >= 15 is 0 Å². The average Bonchev–Trinajstić information content (AvgIpc) is 2.34. The Kier molecular flexibility index (Phi) is 14.5. The molecule has 17 heavy (non-hydrogen) atoms. The zero-order valence-electron chi connectivity index (χ0n) is 11.7. The van der Waals surface area contributed by atoms with Crippen LogP contribution in [-0.4, -0.2) is 4.83 Å². The van der Waals surface area contributed by atoms with Gasteiger partial charge < -0.3 is 0 Å². The summed E-state index contributed by atoms with van der Waals surface area (Å²) in [6.07, 6.45) is 18.6. The number of halogens is 1. The number of allylic oxidation sites excluding steroid dienone is 1. The predicted molar refractivity (Wildman–Crippen MR) is 84.0 cm³/mol. The Hall–Kier alpha value is 0.220. The second-order valence-electron chi connectivity index (χ2n) is 5.08. The van der Waals surface area contributed by atoms with Crippen molar-refractivity contribution >= 4 is 15.9 Å². The molecule has 0 rings (SSSR count). The number of rotatable bonds is 13. The lowest BCUT2D eigenvalue weighted by Gasteiger charge is -2.07. The van der Waals surface area contributed by atoms with Crippen LogP contribution in [0.15, 0.2) is 12.7 Å². The second-order valence-corrected chi connectivity index (χ2v) is 6.38. The van der Waals surface area contributed by atoms with Gasteiger partial charge in [0.25, 0.3) is 0 Å². The van der Waals surface area contributed by atoms with Crippen LogP contribution in [0.3, 0.4) is 0 Å². The van der Waals surface area contributed by atoms with Crippen molar-refractivity contribution in [3.63, 3.8) is 0 Å². The van der Waals surface area contributed by atoms with Gasteiger partial charge >= 0.3 is 0 Å². The summed E-state index contributed by atoms with van der Waals surface area (Å²) < 4.78 is 0. The number of unbranched alkanes of at least 4 members (excludes halogenated alkanes) is 8. The van der Waals surface area contributed by atoms with Gasteiger partial charge in [0.1, 0.15) is 0 Å². The van der Waals surface area contributed by atoms with Gasteiger partial charge in [0.15, 0.2) is 0 Å². The Bertz CT molecular complexity index is 154. The minimum Gasteiger partial charge on any atom is -0.103 e. The van der Waals surface area contributed by atoms with Gasteiger partial charge in [-0.05, 0) is 19.3 Å². The lowest BCUT2D eigenvalue weighted by atomic mass is 10.0. The Morgan fingerprint density at radius 1 is 0.882 bits per heavy atom. The first-order chi connectivity index (χ1) is 8.31. The van der Waals surface area contributed by atoms with Gasteiger partial charge in [-0.3, -0.25) is 0 Å². The Morgan fingerprint density at radius 3 is 1.94 bits per heavy atom. The molecule has 0 saturated carbocycles. The van der Waals surface area contributed by atoms with Crippen LogP contribution in [0.5, 0.6) is 0 Å². The van der Waals surface area contributed by atoms with Gasteiger partial charge in [-0.15, -0.1) is 6.58 Å². The molecule has 0 aromatic rings. The number of alkyl halides is 1. The van der Waals surface area contributed by atoms with E-state index in [2.05, 4.69) is 29.4 Å². The standard InChI is InChI=1S/C16H31Br/c1-3-5-7-8-9-10-11-12-13-15-16(17)14-6-4-2/h4,16H,2-3,5-15H2,1H3. The first-order valence-electron chi connectivity index (χ1n) is 7.56. The maximum atomic E-state index is 3.76. The molecule has 0 radical (unpaired) electrons. The highest BCUT2D eigenvalue weighted by molar-refractivity contribution is 9.09. The van der Waals surface area contributed by atoms with Crippen molar-refractivity contribution in [1.29, 1.82) is 0 Å². The molecule has 0 aromatic carbocycles. The quantitative estimate of drug-likeness (QED) is 0.203. The Morgan fingerprint density at radius 2 is 1.41 bits per heavy atom. The largest absolute Gasteiger partial charge is 0.103 e. The fraction of sp³-hybridized carbons (Fsp3) is 0.875. The van der Waals surface area contributed by atoms with Gasteiger partial charge in [-0.2, -0.15) is 0 Å². The molecule has 1 heteroatoms. The zero-order valence-corrected chi connectivity index (χ0v) is 13.3. The molecule has 0 N–H and O–H groups in total. The molecule has 102 valence electrons. The average molecular weight is 303 g/mol. The summed E-state index contributed by atoms with van der Waals surface area (Å²) in [5, 5.41) is 0. The molecule has 1 unspecified atom stereocenters. The van der Waals surface area contributed by atoms with E-state index in [9.17, 15) is 0 Å². The molecule has 0 heterocycles. The van der Waals surface area contributed by atoms with Gasteiger partial charge in [0.05, 0.1) is 0 Å².